The second-order valence-corrected chi connectivity index (χ2v) is 6.38. The van der Waals surface area contributed by atoms with Gasteiger partial charge in [0.1, 0.15) is 10.6 Å². The van der Waals surface area contributed by atoms with Gasteiger partial charge in [0.15, 0.2) is 0 Å². The Morgan fingerprint density at radius 1 is 1.04 bits per heavy atom. The average Bonchev–Trinajstić information content (AvgIpc) is 2.94. The molecule has 0 bridgehead atoms. The van der Waals surface area contributed by atoms with Crippen LogP contribution in [0.2, 0.25) is 0 Å². The van der Waals surface area contributed by atoms with Crippen LogP contribution < -0.4 is 10.5 Å². The van der Waals surface area contributed by atoms with Crippen molar-refractivity contribution in [1.29, 1.82) is 0 Å². The number of benzene rings is 2. The number of carboxylic acid groups (broad SMARTS) is 2. The lowest BCUT2D eigenvalue weighted by Crippen LogP contribution is -2.04. The van der Waals surface area contributed by atoms with Gasteiger partial charge in [0.25, 0.3) is 0 Å². The third kappa shape index (κ3) is 3.27. The molecule has 0 aliphatic rings. The molecule has 2 aromatic carbocycles. The van der Waals surface area contributed by atoms with Crippen LogP contribution in [-0.4, -0.2) is 28.8 Å². The van der Waals surface area contributed by atoms with Crippen LogP contribution in [0, 0.1) is 0 Å². The van der Waals surface area contributed by atoms with E-state index < -0.39 is 11.9 Å². The molecule has 0 unspecified atom stereocenters. The van der Waals surface area contributed by atoms with E-state index >= 15 is 0 Å². The Balaban J connectivity index is 1.96. The lowest BCUT2D eigenvalue weighted by Gasteiger charge is -2.09. The maximum atomic E-state index is 11.4. The van der Waals surface area contributed by atoms with E-state index in [2.05, 4.69) is 0 Å². The molecule has 6 nitrogen and oxygen atoms in total. The Bertz CT molecular complexity index is 949. The predicted molar refractivity (Wildman–Crippen MR) is 95.8 cm³/mol. The van der Waals surface area contributed by atoms with Crippen LogP contribution in [0.15, 0.2) is 42.5 Å². The second-order valence-electron chi connectivity index (χ2n) is 5.35. The van der Waals surface area contributed by atoms with Crippen molar-refractivity contribution >= 4 is 39.0 Å². The van der Waals surface area contributed by atoms with Gasteiger partial charge >= 0.3 is 11.9 Å². The van der Waals surface area contributed by atoms with Gasteiger partial charge in [-0.25, -0.2) is 9.59 Å². The zero-order chi connectivity index (χ0) is 18.0. The smallest absolute Gasteiger partial charge is 0.348 e. The molecule has 0 saturated carbocycles. The summed E-state index contributed by atoms with van der Waals surface area (Å²) in [4.78, 5) is 22.6. The molecule has 1 heterocycles. The minimum atomic E-state index is -1.19. The first-order chi connectivity index (χ1) is 12.0. The van der Waals surface area contributed by atoms with Crippen LogP contribution in [-0.2, 0) is 6.42 Å². The standard InChI is InChI=1S/C18H15NO5S/c19-14-13-12(24-9-8-10-4-2-1-3-5-10)7-6-11(17(20)21)15(13)25-16(14)18(22)23/h1-7H,8-9,19H2,(H,20,21)(H,22,23). The highest BCUT2D eigenvalue weighted by atomic mass is 32.1. The van der Waals surface area contributed by atoms with Crippen molar-refractivity contribution in [1.82, 2.24) is 0 Å². The maximum Gasteiger partial charge on any atom is 0.348 e. The van der Waals surface area contributed by atoms with E-state index in [0.717, 1.165) is 16.9 Å². The number of anilines is 1. The van der Waals surface area contributed by atoms with Crippen LogP contribution in [0.1, 0.15) is 25.6 Å². The van der Waals surface area contributed by atoms with Crippen molar-refractivity contribution in [3.8, 4) is 5.75 Å². The Kier molecular flexibility index (Phi) is 4.58. The van der Waals surface area contributed by atoms with Gasteiger partial charge in [0, 0.05) is 6.42 Å². The summed E-state index contributed by atoms with van der Waals surface area (Å²) in [6, 6.07) is 12.7. The summed E-state index contributed by atoms with van der Waals surface area (Å²) in [7, 11) is 0. The highest BCUT2D eigenvalue weighted by molar-refractivity contribution is 7.22. The fourth-order valence-corrected chi connectivity index (χ4v) is 3.65. The van der Waals surface area contributed by atoms with Gasteiger partial charge in [0.05, 0.1) is 27.9 Å². The molecule has 3 rings (SSSR count). The minimum absolute atomic E-state index is 0.00890. The molecule has 7 heteroatoms. The van der Waals surface area contributed by atoms with Crippen molar-refractivity contribution in [3.05, 3.63) is 58.5 Å². The van der Waals surface area contributed by atoms with Gasteiger partial charge in [-0.2, -0.15) is 0 Å². The molecule has 0 atom stereocenters. The van der Waals surface area contributed by atoms with E-state index in [0.29, 0.717) is 28.9 Å². The number of nitrogens with two attached hydrogens (primary N) is 1. The summed E-state index contributed by atoms with van der Waals surface area (Å²) in [6.45, 7) is 0.364. The molecule has 1 aromatic heterocycles. The fourth-order valence-electron chi connectivity index (χ4n) is 2.57. The molecule has 0 saturated heterocycles. The van der Waals surface area contributed by atoms with Crippen molar-refractivity contribution in [2.45, 2.75) is 6.42 Å². The van der Waals surface area contributed by atoms with E-state index in [9.17, 15) is 19.8 Å². The molecular formula is C18H15NO5S. The number of thiophene rings is 1. The largest absolute Gasteiger partial charge is 0.492 e. The average molecular weight is 357 g/mol. The van der Waals surface area contributed by atoms with Crippen molar-refractivity contribution in [2.24, 2.45) is 0 Å². The number of carboxylic acids is 2. The predicted octanol–water partition coefficient (Wildman–Crippen LogP) is 3.50. The third-order valence-electron chi connectivity index (χ3n) is 3.75. The Labute approximate surface area is 147 Å². The van der Waals surface area contributed by atoms with E-state index in [-0.39, 0.29) is 16.1 Å². The molecule has 0 amide bonds. The van der Waals surface area contributed by atoms with Crippen LogP contribution in [0.4, 0.5) is 5.69 Å². The van der Waals surface area contributed by atoms with Crippen LogP contribution in [0.5, 0.6) is 5.75 Å². The number of fused-ring (bicyclic) bond motifs is 1. The quantitative estimate of drug-likeness (QED) is 0.623. The highest BCUT2D eigenvalue weighted by Crippen LogP contribution is 2.41. The third-order valence-corrected chi connectivity index (χ3v) is 4.98. The molecule has 0 radical (unpaired) electrons. The monoisotopic (exact) mass is 357 g/mol. The van der Waals surface area contributed by atoms with E-state index in [1.165, 1.54) is 12.1 Å². The Morgan fingerprint density at radius 3 is 2.40 bits per heavy atom. The zero-order valence-electron chi connectivity index (χ0n) is 13.1. The van der Waals surface area contributed by atoms with Crippen LogP contribution in [0.3, 0.4) is 0 Å². The normalized spacial score (nSPS) is 10.7. The number of aromatic carboxylic acids is 2. The summed E-state index contributed by atoms with van der Waals surface area (Å²) in [5.74, 6) is -1.94. The minimum Gasteiger partial charge on any atom is -0.492 e. The SMILES string of the molecule is Nc1c(C(=O)O)sc2c(C(=O)O)ccc(OCCc3ccccc3)c12. The molecule has 0 aliphatic carbocycles. The number of nitrogen functional groups attached to an aromatic ring is 1. The lowest BCUT2D eigenvalue weighted by atomic mass is 10.1. The highest BCUT2D eigenvalue weighted by Gasteiger charge is 2.23. The van der Waals surface area contributed by atoms with Crippen LogP contribution in [0.25, 0.3) is 10.1 Å². The molecule has 128 valence electrons. The van der Waals surface area contributed by atoms with Crippen molar-refractivity contribution in [3.63, 3.8) is 0 Å². The van der Waals surface area contributed by atoms with Gasteiger partial charge in [-0.15, -0.1) is 11.3 Å². The van der Waals surface area contributed by atoms with Gasteiger partial charge in [-0.1, -0.05) is 30.3 Å². The summed E-state index contributed by atoms with van der Waals surface area (Å²) < 4.78 is 6.08. The first-order valence-electron chi connectivity index (χ1n) is 7.47. The van der Waals surface area contributed by atoms with E-state index in [1.807, 2.05) is 30.3 Å². The molecule has 4 N–H and O–H groups in total. The summed E-state index contributed by atoms with van der Waals surface area (Å²) in [5, 5.41) is 18.9. The number of hydrogen-bond donors (Lipinski definition) is 3. The van der Waals surface area contributed by atoms with Crippen molar-refractivity contribution < 1.29 is 24.5 Å². The summed E-state index contributed by atoms with van der Waals surface area (Å²) >= 11 is 0.846. The molecular weight excluding hydrogens is 342 g/mol. The molecule has 3 aromatic rings. The van der Waals surface area contributed by atoms with Gasteiger partial charge in [-0.05, 0) is 17.7 Å². The number of carbonyl (C=O) groups is 2. The first kappa shape index (κ1) is 16.8. The fraction of sp³-hybridized carbons (Fsp3) is 0.111. The summed E-state index contributed by atoms with van der Waals surface area (Å²) in [6.07, 6.45) is 0.666. The molecule has 25 heavy (non-hydrogen) atoms. The topological polar surface area (TPSA) is 110 Å². The number of ether oxygens (including phenoxy) is 1. The van der Waals surface area contributed by atoms with Gasteiger partial charge < -0.3 is 20.7 Å². The first-order valence-corrected chi connectivity index (χ1v) is 8.29. The van der Waals surface area contributed by atoms with Crippen LogP contribution >= 0.6 is 11.3 Å². The Morgan fingerprint density at radius 2 is 1.76 bits per heavy atom. The Hall–Kier alpha value is -3.06. The second kappa shape index (κ2) is 6.82. The van der Waals surface area contributed by atoms with Gasteiger partial charge in [-0.3, -0.25) is 0 Å². The maximum absolute atomic E-state index is 11.4. The molecule has 0 spiro atoms. The van der Waals surface area contributed by atoms with E-state index in [4.69, 9.17) is 10.5 Å². The number of rotatable bonds is 6. The number of hydrogen-bond acceptors (Lipinski definition) is 5. The summed E-state index contributed by atoms with van der Waals surface area (Å²) in [5.41, 5.74) is 7.09. The molecule has 0 aliphatic heterocycles. The van der Waals surface area contributed by atoms with Crippen molar-refractivity contribution in [2.75, 3.05) is 12.3 Å². The van der Waals surface area contributed by atoms with Gasteiger partial charge in [0.2, 0.25) is 0 Å². The molecule has 0 fully saturated rings. The zero-order valence-corrected chi connectivity index (χ0v) is 13.9. The lowest BCUT2D eigenvalue weighted by molar-refractivity contribution is 0.0689. The van der Waals surface area contributed by atoms with E-state index in [1.54, 1.807) is 0 Å².